The SMILES string of the molecule is Cc1cc(C2CCCNC2)nc(CN2CCCCC2)n1. The number of piperidine rings is 2. The molecule has 4 heteroatoms. The Hall–Kier alpha value is -1.00. The number of aromatic nitrogens is 2. The van der Waals surface area contributed by atoms with Crippen molar-refractivity contribution < 1.29 is 0 Å². The molecule has 1 aromatic rings. The fourth-order valence-electron chi connectivity index (χ4n) is 3.36. The number of nitrogens with one attached hydrogen (secondary N) is 1. The Bertz CT molecular complexity index is 434. The molecule has 2 aliphatic heterocycles. The Labute approximate surface area is 122 Å². The highest BCUT2D eigenvalue weighted by Gasteiger charge is 2.19. The first-order chi connectivity index (χ1) is 9.81. The van der Waals surface area contributed by atoms with Gasteiger partial charge in [0.1, 0.15) is 5.82 Å². The van der Waals surface area contributed by atoms with Crippen LogP contribution in [0.3, 0.4) is 0 Å². The third-order valence-corrected chi connectivity index (χ3v) is 4.45. The summed E-state index contributed by atoms with van der Waals surface area (Å²) in [6.45, 7) is 7.66. The van der Waals surface area contributed by atoms with E-state index in [9.17, 15) is 0 Å². The summed E-state index contributed by atoms with van der Waals surface area (Å²) in [5.41, 5.74) is 2.37. The predicted molar refractivity (Wildman–Crippen MR) is 80.7 cm³/mol. The number of hydrogen-bond acceptors (Lipinski definition) is 4. The molecule has 1 N–H and O–H groups in total. The van der Waals surface area contributed by atoms with Gasteiger partial charge < -0.3 is 5.32 Å². The van der Waals surface area contributed by atoms with Crippen LogP contribution >= 0.6 is 0 Å². The van der Waals surface area contributed by atoms with Gasteiger partial charge in [0.25, 0.3) is 0 Å². The van der Waals surface area contributed by atoms with Crippen LogP contribution in [0.4, 0.5) is 0 Å². The van der Waals surface area contributed by atoms with Crippen molar-refractivity contribution in [1.82, 2.24) is 20.2 Å². The highest BCUT2D eigenvalue weighted by atomic mass is 15.1. The average Bonchev–Trinajstić information content (AvgIpc) is 2.49. The summed E-state index contributed by atoms with van der Waals surface area (Å²) in [5, 5.41) is 3.48. The maximum absolute atomic E-state index is 4.86. The molecule has 0 spiro atoms. The zero-order chi connectivity index (χ0) is 13.8. The Morgan fingerprint density at radius 1 is 1.20 bits per heavy atom. The molecule has 20 heavy (non-hydrogen) atoms. The summed E-state index contributed by atoms with van der Waals surface area (Å²) >= 11 is 0. The zero-order valence-corrected chi connectivity index (χ0v) is 12.6. The minimum Gasteiger partial charge on any atom is -0.316 e. The molecule has 2 saturated heterocycles. The van der Waals surface area contributed by atoms with Gasteiger partial charge in [0.05, 0.1) is 6.54 Å². The number of aryl methyl sites for hydroxylation is 1. The number of rotatable bonds is 3. The minimum atomic E-state index is 0.575. The van der Waals surface area contributed by atoms with E-state index in [0.717, 1.165) is 31.2 Å². The van der Waals surface area contributed by atoms with Crippen molar-refractivity contribution in [3.63, 3.8) is 0 Å². The zero-order valence-electron chi connectivity index (χ0n) is 12.6. The van der Waals surface area contributed by atoms with Gasteiger partial charge >= 0.3 is 0 Å². The lowest BCUT2D eigenvalue weighted by Gasteiger charge is -2.26. The highest BCUT2D eigenvalue weighted by molar-refractivity contribution is 5.15. The Morgan fingerprint density at radius 2 is 2.05 bits per heavy atom. The molecule has 4 nitrogen and oxygen atoms in total. The van der Waals surface area contributed by atoms with Crippen molar-refractivity contribution in [2.75, 3.05) is 26.2 Å². The van der Waals surface area contributed by atoms with Gasteiger partial charge in [0.15, 0.2) is 0 Å². The fraction of sp³-hybridized carbons (Fsp3) is 0.750. The fourth-order valence-corrected chi connectivity index (χ4v) is 3.36. The van der Waals surface area contributed by atoms with Gasteiger partial charge in [-0.15, -0.1) is 0 Å². The van der Waals surface area contributed by atoms with Crippen molar-refractivity contribution in [2.45, 2.75) is 51.5 Å². The van der Waals surface area contributed by atoms with Crippen molar-refractivity contribution in [1.29, 1.82) is 0 Å². The van der Waals surface area contributed by atoms with Gasteiger partial charge in [0.2, 0.25) is 0 Å². The van der Waals surface area contributed by atoms with E-state index in [4.69, 9.17) is 4.98 Å². The van der Waals surface area contributed by atoms with E-state index < -0.39 is 0 Å². The second-order valence-corrected chi connectivity index (χ2v) is 6.23. The van der Waals surface area contributed by atoms with Gasteiger partial charge in [-0.2, -0.15) is 0 Å². The quantitative estimate of drug-likeness (QED) is 0.918. The molecule has 1 atom stereocenters. The minimum absolute atomic E-state index is 0.575. The number of hydrogen-bond donors (Lipinski definition) is 1. The lowest BCUT2D eigenvalue weighted by Crippen LogP contribution is -2.31. The molecule has 0 amide bonds. The van der Waals surface area contributed by atoms with E-state index in [-0.39, 0.29) is 0 Å². The third-order valence-electron chi connectivity index (χ3n) is 4.45. The summed E-state index contributed by atoms with van der Waals surface area (Å²) in [4.78, 5) is 12.0. The molecular weight excluding hydrogens is 248 g/mol. The van der Waals surface area contributed by atoms with Crippen LogP contribution in [0.25, 0.3) is 0 Å². The molecule has 2 aliphatic rings. The molecule has 110 valence electrons. The first-order valence-electron chi connectivity index (χ1n) is 8.09. The van der Waals surface area contributed by atoms with Gasteiger partial charge in [-0.05, 0) is 58.3 Å². The molecule has 0 radical (unpaired) electrons. The van der Waals surface area contributed by atoms with Crippen LogP contribution in [-0.4, -0.2) is 41.0 Å². The summed E-state index contributed by atoms with van der Waals surface area (Å²) < 4.78 is 0. The monoisotopic (exact) mass is 274 g/mol. The summed E-state index contributed by atoms with van der Waals surface area (Å²) in [7, 11) is 0. The number of likely N-dealkylation sites (tertiary alicyclic amines) is 1. The lowest BCUT2D eigenvalue weighted by molar-refractivity contribution is 0.215. The van der Waals surface area contributed by atoms with E-state index in [1.54, 1.807) is 0 Å². The van der Waals surface area contributed by atoms with Gasteiger partial charge in [-0.25, -0.2) is 9.97 Å². The second-order valence-electron chi connectivity index (χ2n) is 6.23. The van der Waals surface area contributed by atoms with E-state index in [2.05, 4.69) is 28.2 Å². The molecule has 1 aromatic heterocycles. The van der Waals surface area contributed by atoms with Crippen molar-refractivity contribution in [3.05, 3.63) is 23.3 Å². The van der Waals surface area contributed by atoms with E-state index in [1.165, 1.54) is 50.9 Å². The standard InChI is InChI=1S/C16H26N4/c1-13-10-15(14-6-5-7-17-11-14)19-16(18-13)12-20-8-3-2-4-9-20/h10,14,17H,2-9,11-12H2,1H3. The third kappa shape index (κ3) is 3.55. The van der Waals surface area contributed by atoms with E-state index >= 15 is 0 Å². The van der Waals surface area contributed by atoms with Crippen LogP contribution in [0.15, 0.2) is 6.07 Å². The largest absolute Gasteiger partial charge is 0.316 e. The Kier molecular flexibility index (Phi) is 4.63. The van der Waals surface area contributed by atoms with E-state index in [0.29, 0.717) is 5.92 Å². The highest BCUT2D eigenvalue weighted by Crippen LogP contribution is 2.22. The van der Waals surface area contributed by atoms with Crippen molar-refractivity contribution in [3.8, 4) is 0 Å². The topological polar surface area (TPSA) is 41.1 Å². The van der Waals surface area contributed by atoms with E-state index in [1.807, 2.05) is 0 Å². The average molecular weight is 274 g/mol. The Balaban J connectivity index is 1.71. The molecule has 0 aromatic carbocycles. The molecule has 0 saturated carbocycles. The van der Waals surface area contributed by atoms with Gasteiger partial charge in [0, 0.05) is 23.9 Å². The van der Waals surface area contributed by atoms with Crippen LogP contribution in [0.2, 0.25) is 0 Å². The maximum atomic E-state index is 4.86. The van der Waals surface area contributed by atoms with Crippen molar-refractivity contribution >= 4 is 0 Å². The van der Waals surface area contributed by atoms with Crippen LogP contribution in [0, 0.1) is 6.92 Å². The maximum Gasteiger partial charge on any atom is 0.142 e. The second kappa shape index (κ2) is 6.64. The molecule has 0 bridgehead atoms. The number of nitrogens with zero attached hydrogens (tertiary/aromatic N) is 3. The smallest absolute Gasteiger partial charge is 0.142 e. The van der Waals surface area contributed by atoms with Gasteiger partial charge in [-0.3, -0.25) is 4.90 Å². The van der Waals surface area contributed by atoms with Crippen molar-refractivity contribution in [2.24, 2.45) is 0 Å². The molecule has 0 aliphatic carbocycles. The normalized spacial score (nSPS) is 24.8. The molecule has 3 heterocycles. The molecule has 1 unspecified atom stereocenters. The molecule has 2 fully saturated rings. The summed E-state index contributed by atoms with van der Waals surface area (Å²) in [5.74, 6) is 1.60. The molecule has 3 rings (SSSR count). The van der Waals surface area contributed by atoms with Crippen LogP contribution in [0.1, 0.15) is 55.2 Å². The van der Waals surface area contributed by atoms with Crippen LogP contribution < -0.4 is 5.32 Å². The summed E-state index contributed by atoms with van der Waals surface area (Å²) in [6.07, 6.45) is 6.54. The van der Waals surface area contributed by atoms with Crippen LogP contribution in [0.5, 0.6) is 0 Å². The Morgan fingerprint density at radius 3 is 2.80 bits per heavy atom. The van der Waals surface area contributed by atoms with Crippen LogP contribution in [-0.2, 0) is 6.54 Å². The summed E-state index contributed by atoms with van der Waals surface area (Å²) in [6, 6.07) is 2.18. The first kappa shape index (κ1) is 14.0. The van der Waals surface area contributed by atoms with Gasteiger partial charge in [-0.1, -0.05) is 6.42 Å². The lowest BCUT2D eigenvalue weighted by atomic mass is 9.95. The first-order valence-corrected chi connectivity index (χ1v) is 8.09. The molecular formula is C16H26N4. The predicted octanol–water partition coefficient (Wildman–Crippen LogP) is 2.24.